The van der Waals surface area contributed by atoms with Crippen LogP contribution in [0.25, 0.3) is 0 Å². The molecule has 0 bridgehead atoms. The van der Waals surface area contributed by atoms with Crippen LogP contribution in [0.15, 0.2) is 12.3 Å². The number of rotatable bonds is 3. The average Bonchev–Trinajstić information content (AvgIpc) is 2.84. The molecule has 1 saturated heterocycles. The molecule has 0 spiro atoms. The Morgan fingerprint density at radius 1 is 1.50 bits per heavy atom. The Morgan fingerprint density at radius 2 is 2.23 bits per heavy atom. The summed E-state index contributed by atoms with van der Waals surface area (Å²) in [6, 6.07) is 1.96. The van der Waals surface area contributed by atoms with E-state index in [2.05, 4.69) is 24.3 Å². The van der Waals surface area contributed by atoms with Crippen LogP contribution < -0.4 is 5.32 Å². The van der Waals surface area contributed by atoms with Crippen LogP contribution in [-0.2, 0) is 11.3 Å². The first-order valence-corrected chi connectivity index (χ1v) is 8.00. The molecule has 1 aliphatic heterocycles. The molecule has 1 aromatic heterocycles. The number of hydrogen-bond acceptors (Lipinski definition) is 4. The summed E-state index contributed by atoms with van der Waals surface area (Å²) in [5.74, 6) is 0.505. The van der Waals surface area contributed by atoms with Gasteiger partial charge in [0.1, 0.15) is 5.60 Å². The van der Waals surface area contributed by atoms with E-state index in [0.29, 0.717) is 12.5 Å². The molecule has 0 saturated carbocycles. The first kappa shape index (κ1) is 16.8. The summed E-state index contributed by atoms with van der Waals surface area (Å²) in [5, 5.41) is 7.77. The Labute approximate surface area is 132 Å². The van der Waals surface area contributed by atoms with Crippen molar-refractivity contribution < 1.29 is 9.53 Å². The molecule has 0 aromatic carbocycles. The number of ether oxygens (including phenoxy) is 1. The van der Waals surface area contributed by atoms with Crippen LogP contribution in [0, 0.1) is 5.92 Å². The lowest BCUT2D eigenvalue weighted by molar-refractivity contribution is 0.0108. The highest BCUT2D eigenvalue weighted by Gasteiger charge is 2.33. The molecule has 2 heterocycles. The number of piperazine rings is 1. The zero-order valence-electron chi connectivity index (χ0n) is 14.3. The number of aromatic nitrogens is 2. The van der Waals surface area contributed by atoms with E-state index >= 15 is 0 Å². The Bertz CT molecular complexity index is 504. The van der Waals surface area contributed by atoms with Crippen molar-refractivity contribution in [3.05, 3.63) is 18.0 Å². The highest BCUT2D eigenvalue weighted by atomic mass is 16.6. The molecule has 1 aliphatic rings. The van der Waals surface area contributed by atoms with Crippen molar-refractivity contribution in [1.82, 2.24) is 20.0 Å². The third-order valence-electron chi connectivity index (χ3n) is 3.50. The Morgan fingerprint density at radius 3 is 2.86 bits per heavy atom. The minimum absolute atomic E-state index is 0.0372. The van der Waals surface area contributed by atoms with Gasteiger partial charge in [0.15, 0.2) is 0 Å². The standard InChI is InChI=1S/C16H28N4O2/c1-12(2)11-20-13(6-7-18-20)14-10-17-8-9-19(14)15(21)22-16(3,4)5/h6-7,12,14,17H,8-11H2,1-5H3. The van der Waals surface area contributed by atoms with Gasteiger partial charge in [-0.05, 0) is 32.8 Å². The van der Waals surface area contributed by atoms with Crippen LogP contribution >= 0.6 is 0 Å². The van der Waals surface area contributed by atoms with Gasteiger partial charge < -0.3 is 10.1 Å². The smallest absolute Gasteiger partial charge is 0.410 e. The molecule has 0 radical (unpaired) electrons. The van der Waals surface area contributed by atoms with E-state index in [4.69, 9.17) is 4.74 Å². The first-order valence-electron chi connectivity index (χ1n) is 8.00. The second kappa shape index (κ2) is 6.69. The fraction of sp³-hybridized carbons (Fsp3) is 0.750. The Kier molecular flexibility index (Phi) is 5.11. The third-order valence-corrected chi connectivity index (χ3v) is 3.50. The molecule has 1 fully saturated rings. The summed E-state index contributed by atoms with van der Waals surface area (Å²) >= 11 is 0. The molecule has 6 nitrogen and oxygen atoms in total. The van der Waals surface area contributed by atoms with Crippen LogP contribution in [-0.4, -0.2) is 46.0 Å². The van der Waals surface area contributed by atoms with Crippen molar-refractivity contribution >= 4 is 6.09 Å². The van der Waals surface area contributed by atoms with E-state index in [9.17, 15) is 4.79 Å². The van der Waals surface area contributed by atoms with Gasteiger partial charge in [0.05, 0.1) is 11.7 Å². The second-order valence-electron chi connectivity index (χ2n) is 7.23. The second-order valence-corrected chi connectivity index (χ2v) is 7.23. The zero-order valence-corrected chi connectivity index (χ0v) is 14.3. The summed E-state index contributed by atoms with van der Waals surface area (Å²) in [6.45, 7) is 13.0. The van der Waals surface area contributed by atoms with Gasteiger partial charge in [-0.15, -0.1) is 0 Å². The molecule has 1 amide bonds. The summed E-state index contributed by atoms with van der Waals surface area (Å²) in [4.78, 5) is 14.3. The maximum Gasteiger partial charge on any atom is 0.410 e. The Balaban J connectivity index is 2.20. The van der Waals surface area contributed by atoms with Gasteiger partial charge in [-0.2, -0.15) is 5.10 Å². The van der Waals surface area contributed by atoms with E-state index < -0.39 is 5.60 Å². The minimum atomic E-state index is -0.481. The van der Waals surface area contributed by atoms with Crippen molar-refractivity contribution in [2.45, 2.75) is 52.8 Å². The van der Waals surface area contributed by atoms with Crippen molar-refractivity contribution in [1.29, 1.82) is 0 Å². The largest absolute Gasteiger partial charge is 0.444 e. The topological polar surface area (TPSA) is 59.4 Å². The number of nitrogens with zero attached hydrogens (tertiary/aromatic N) is 3. The fourth-order valence-electron chi connectivity index (χ4n) is 2.63. The SMILES string of the molecule is CC(C)Cn1nccc1C1CNCCN1C(=O)OC(C)(C)C. The summed E-state index contributed by atoms with van der Waals surface area (Å²) in [7, 11) is 0. The molecule has 2 rings (SSSR count). The van der Waals surface area contributed by atoms with Crippen LogP contribution in [0.1, 0.15) is 46.4 Å². The monoisotopic (exact) mass is 308 g/mol. The molecular formula is C16H28N4O2. The van der Waals surface area contributed by atoms with Gasteiger partial charge in [0, 0.05) is 32.4 Å². The highest BCUT2D eigenvalue weighted by molar-refractivity contribution is 5.69. The first-order chi connectivity index (χ1) is 10.3. The molecule has 6 heteroatoms. The van der Waals surface area contributed by atoms with Crippen molar-refractivity contribution in [3.63, 3.8) is 0 Å². The van der Waals surface area contributed by atoms with E-state index in [1.54, 1.807) is 6.20 Å². The van der Waals surface area contributed by atoms with E-state index in [1.165, 1.54) is 0 Å². The number of nitrogens with one attached hydrogen (secondary N) is 1. The summed E-state index contributed by atoms with van der Waals surface area (Å²) in [6.07, 6.45) is 1.55. The van der Waals surface area contributed by atoms with Gasteiger partial charge in [-0.25, -0.2) is 4.79 Å². The third kappa shape index (κ3) is 4.22. The van der Waals surface area contributed by atoms with Crippen LogP contribution in [0.5, 0.6) is 0 Å². The predicted molar refractivity (Wildman–Crippen MR) is 85.6 cm³/mol. The van der Waals surface area contributed by atoms with Crippen molar-refractivity contribution in [2.24, 2.45) is 5.92 Å². The van der Waals surface area contributed by atoms with Crippen LogP contribution in [0.4, 0.5) is 4.79 Å². The Hall–Kier alpha value is -1.56. The molecule has 22 heavy (non-hydrogen) atoms. The van der Waals surface area contributed by atoms with Crippen molar-refractivity contribution in [2.75, 3.05) is 19.6 Å². The average molecular weight is 308 g/mol. The lowest BCUT2D eigenvalue weighted by atomic mass is 10.1. The molecular weight excluding hydrogens is 280 g/mol. The van der Waals surface area contributed by atoms with E-state index in [1.807, 2.05) is 36.4 Å². The lowest BCUT2D eigenvalue weighted by Gasteiger charge is -2.37. The van der Waals surface area contributed by atoms with Gasteiger partial charge in [0.25, 0.3) is 0 Å². The summed E-state index contributed by atoms with van der Waals surface area (Å²) < 4.78 is 7.56. The maximum atomic E-state index is 12.5. The number of carbonyl (C=O) groups excluding carboxylic acids is 1. The van der Waals surface area contributed by atoms with Crippen LogP contribution in [0.3, 0.4) is 0 Å². The number of amides is 1. The fourth-order valence-corrected chi connectivity index (χ4v) is 2.63. The van der Waals surface area contributed by atoms with Gasteiger partial charge in [-0.3, -0.25) is 9.58 Å². The lowest BCUT2D eigenvalue weighted by Crippen LogP contribution is -2.50. The van der Waals surface area contributed by atoms with Gasteiger partial charge in [-0.1, -0.05) is 13.8 Å². The van der Waals surface area contributed by atoms with Crippen molar-refractivity contribution in [3.8, 4) is 0 Å². The number of hydrogen-bond donors (Lipinski definition) is 1. The molecule has 1 aromatic rings. The number of carbonyl (C=O) groups is 1. The van der Waals surface area contributed by atoms with E-state index in [0.717, 1.165) is 25.3 Å². The van der Waals surface area contributed by atoms with Gasteiger partial charge in [0.2, 0.25) is 0 Å². The highest BCUT2D eigenvalue weighted by Crippen LogP contribution is 2.25. The minimum Gasteiger partial charge on any atom is -0.444 e. The maximum absolute atomic E-state index is 12.5. The quantitative estimate of drug-likeness (QED) is 0.931. The molecule has 1 unspecified atom stereocenters. The van der Waals surface area contributed by atoms with Gasteiger partial charge >= 0.3 is 6.09 Å². The molecule has 0 aliphatic carbocycles. The molecule has 1 N–H and O–H groups in total. The molecule has 1 atom stereocenters. The summed E-state index contributed by atoms with van der Waals surface area (Å²) in [5.41, 5.74) is 0.580. The molecule has 124 valence electrons. The zero-order chi connectivity index (χ0) is 16.3. The van der Waals surface area contributed by atoms with E-state index in [-0.39, 0.29) is 12.1 Å². The van der Waals surface area contributed by atoms with Crippen LogP contribution in [0.2, 0.25) is 0 Å². The predicted octanol–water partition coefficient (Wildman–Crippen LogP) is 2.42. The normalized spacial score (nSPS) is 19.5.